The molecule has 0 radical (unpaired) electrons. The summed E-state index contributed by atoms with van der Waals surface area (Å²) in [5.74, 6) is 1.73. The van der Waals surface area contributed by atoms with Crippen LogP contribution in [0.5, 0.6) is 5.75 Å². The SMILES string of the molecule is CC[C@]1(c2ccc(C3CC3)c(OC)c2)CCCCC1N(C)C=O. The Morgan fingerprint density at radius 1 is 1.30 bits per heavy atom. The van der Waals surface area contributed by atoms with Gasteiger partial charge in [-0.1, -0.05) is 31.9 Å². The molecule has 0 heterocycles. The van der Waals surface area contributed by atoms with Crippen LogP contribution in [-0.2, 0) is 10.2 Å². The van der Waals surface area contributed by atoms with Crippen LogP contribution in [0.1, 0.15) is 68.9 Å². The van der Waals surface area contributed by atoms with Crippen LogP contribution in [0.3, 0.4) is 0 Å². The largest absolute Gasteiger partial charge is 0.496 e. The Bertz CT molecular complexity index is 567. The van der Waals surface area contributed by atoms with Crippen LogP contribution in [0, 0.1) is 0 Å². The highest BCUT2D eigenvalue weighted by atomic mass is 16.5. The molecule has 126 valence electrons. The molecule has 1 aromatic carbocycles. The van der Waals surface area contributed by atoms with Crippen LogP contribution in [0.25, 0.3) is 0 Å². The fourth-order valence-corrected chi connectivity index (χ4v) is 4.59. The van der Waals surface area contributed by atoms with E-state index in [4.69, 9.17) is 4.74 Å². The third-order valence-corrected chi connectivity index (χ3v) is 6.10. The summed E-state index contributed by atoms with van der Waals surface area (Å²) in [7, 11) is 3.71. The lowest BCUT2D eigenvalue weighted by Gasteiger charge is -2.47. The molecular formula is C20H29NO2. The number of ether oxygens (including phenoxy) is 1. The van der Waals surface area contributed by atoms with Crippen LogP contribution < -0.4 is 4.74 Å². The van der Waals surface area contributed by atoms with Gasteiger partial charge in [-0.05, 0) is 55.2 Å². The van der Waals surface area contributed by atoms with Crippen molar-refractivity contribution >= 4 is 6.41 Å². The summed E-state index contributed by atoms with van der Waals surface area (Å²) in [6, 6.07) is 7.12. The highest BCUT2D eigenvalue weighted by molar-refractivity contribution is 5.50. The van der Waals surface area contributed by atoms with Crippen LogP contribution in [0.15, 0.2) is 18.2 Å². The van der Waals surface area contributed by atoms with Gasteiger partial charge in [0.25, 0.3) is 0 Å². The quantitative estimate of drug-likeness (QED) is 0.734. The highest BCUT2D eigenvalue weighted by Crippen LogP contribution is 2.48. The minimum Gasteiger partial charge on any atom is -0.496 e. The number of amides is 1. The molecule has 23 heavy (non-hydrogen) atoms. The predicted octanol–water partition coefficient (Wildman–Crippen LogP) is 4.25. The molecule has 0 aliphatic heterocycles. The van der Waals surface area contributed by atoms with Crippen LogP contribution in [-0.4, -0.2) is 31.5 Å². The number of hydrogen-bond acceptors (Lipinski definition) is 2. The number of carbonyl (C=O) groups excluding carboxylic acids is 1. The maximum Gasteiger partial charge on any atom is 0.209 e. The summed E-state index contributed by atoms with van der Waals surface area (Å²) >= 11 is 0. The van der Waals surface area contributed by atoms with Crippen molar-refractivity contribution in [3.63, 3.8) is 0 Å². The molecule has 0 N–H and O–H groups in total. The number of benzene rings is 1. The summed E-state index contributed by atoms with van der Waals surface area (Å²) in [5.41, 5.74) is 2.77. The smallest absolute Gasteiger partial charge is 0.209 e. The molecule has 3 rings (SSSR count). The first-order chi connectivity index (χ1) is 11.2. The van der Waals surface area contributed by atoms with Gasteiger partial charge in [0, 0.05) is 18.5 Å². The van der Waals surface area contributed by atoms with E-state index in [1.807, 2.05) is 11.9 Å². The van der Waals surface area contributed by atoms with E-state index in [-0.39, 0.29) is 11.5 Å². The van der Waals surface area contributed by atoms with E-state index >= 15 is 0 Å². The zero-order valence-electron chi connectivity index (χ0n) is 14.7. The Kier molecular flexibility index (Phi) is 4.65. The molecule has 2 aliphatic carbocycles. The maximum absolute atomic E-state index is 11.4. The Labute approximate surface area is 140 Å². The van der Waals surface area contributed by atoms with Crippen molar-refractivity contribution < 1.29 is 9.53 Å². The molecule has 2 atom stereocenters. The molecule has 0 aromatic heterocycles. The summed E-state index contributed by atoms with van der Waals surface area (Å²) < 4.78 is 5.71. The molecule has 0 saturated heterocycles. The van der Waals surface area contributed by atoms with E-state index in [9.17, 15) is 4.79 Å². The first-order valence-corrected chi connectivity index (χ1v) is 9.02. The second-order valence-electron chi connectivity index (χ2n) is 7.27. The number of carbonyl (C=O) groups is 1. The average molecular weight is 315 g/mol. The Hall–Kier alpha value is -1.51. The predicted molar refractivity (Wildman–Crippen MR) is 93.0 cm³/mol. The summed E-state index contributed by atoms with van der Waals surface area (Å²) in [6.07, 6.45) is 9.31. The summed E-state index contributed by atoms with van der Waals surface area (Å²) in [4.78, 5) is 13.3. The standard InChI is InChI=1S/C20H29NO2/c1-4-20(12-6-5-7-19(20)21(2)14-22)16-10-11-17(15-8-9-15)18(13-16)23-3/h10-11,13-15,19H,4-9,12H2,1-3H3/t19?,20-/m1/s1. The van der Waals surface area contributed by atoms with E-state index in [1.165, 1.54) is 36.8 Å². The highest BCUT2D eigenvalue weighted by Gasteiger charge is 2.43. The van der Waals surface area contributed by atoms with E-state index in [2.05, 4.69) is 25.1 Å². The lowest BCUT2D eigenvalue weighted by atomic mass is 9.64. The second kappa shape index (κ2) is 6.54. The van der Waals surface area contributed by atoms with Crippen molar-refractivity contribution in [2.75, 3.05) is 14.2 Å². The third-order valence-electron chi connectivity index (χ3n) is 6.10. The van der Waals surface area contributed by atoms with Crippen molar-refractivity contribution in [1.82, 2.24) is 4.90 Å². The topological polar surface area (TPSA) is 29.5 Å². The van der Waals surface area contributed by atoms with Crippen LogP contribution >= 0.6 is 0 Å². The van der Waals surface area contributed by atoms with Crippen molar-refractivity contribution in [1.29, 1.82) is 0 Å². The van der Waals surface area contributed by atoms with Gasteiger partial charge in [0.1, 0.15) is 5.75 Å². The van der Waals surface area contributed by atoms with Crippen molar-refractivity contribution in [3.8, 4) is 5.75 Å². The normalized spacial score (nSPS) is 27.5. The Morgan fingerprint density at radius 3 is 2.70 bits per heavy atom. The van der Waals surface area contributed by atoms with Crippen molar-refractivity contribution in [2.45, 2.75) is 69.2 Å². The fraction of sp³-hybridized carbons (Fsp3) is 0.650. The van der Waals surface area contributed by atoms with Gasteiger partial charge in [-0.25, -0.2) is 0 Å². The first kappa shape index (κ1) is 16.4. The van der Waals surface area contributed by atoms with E-state index < -0.39 is 0 Å². The van der Waals surface area contributed by atoms with E-state index in [0.717, 1.165) is 31.4 Å². The number of nitrogens with zero attached hydrogens (tertiary/aromatic N) is 1. The Balaban J connectivity index is 2.02. The van der Waals surface area contributed by atoms with E-state index in [0.29, 0.717) is 5.92 Å². The summed E-state index contributed by atoms with van der Waals surface area (Å²) in [5, 5.41) is 0. The molecule has 0 bridgehead atoms. The Morgan fingerprint density at radius 2 is 2.09 bits per heavy atom. The van der Waals surface area contributed by atoms with E-state index in [1.54, 1.807) is 7.11 Å². The van der Waals surface area contributed by atoms with Gasteiger partial charge in [-0.3, -0.25) is 4.79 Å². The fourth-order valence-electron chi connectivity index (χ4n) is 4.59. The molecule has 1 aromatic rings. The van der Waals surface area contributed by atoms with Gasteiger partial charge in [0.2, 0.25) is 6.41 Å². The van der Waals surface area contributed by atoms with Gasteiger partial charge in [-0.2, -0.15) is 0 Å². The average Bonchev–Trinajstić information content (AvgIpc) is 3.45. The zero-order valence-corrected chi connectivity index (χ0v) is 14.7. The van der Waals surface area contributed by atoms with Crippen LogP contribution in [0.2, 0.25) is 0 Å². The number of rotatable bonds is 6. The molecule has 1 unspecified atom stereocenters. The zero-order chi connectivity index (χ0) is 16.4. The lowest BCUT2D eigenvalue weighted by Crippen LogP contribution is -2.50. The van der Waals surface area contributed by atoms with Gasteiger partial charge in [-0.15, -0.1) is 0 Å². The molecule has 1 amide bonds. The monoisotopic (exact) mass is 315 g/mol. The second-order valence-corrected chi connectivity index (χ2v) is 7.27. The number of likely N-dealkylation sites (N-methyl/N-ethyl adjacent to an activating group) is 1. The first-order valence-electron chi connectivity index (χ1n) is 9.02. The van der Waals surface area contributed by atoms with Gasteiger partial charge in [0.15, 0.2) is 0 Å². The van der Waals surface area contributed by atoms with Crippen LogP contribution in [0.4, 0.5) is 0 Å². The molecule has 3 nitrogen and oxygen atoms in total. The number of hydrogen-bond donors (Lipinski definition) is 0. The molecule has 3 heteroatoms. The van der Waals surface area contributed by atoms with Gasteiger partial charge in [0.05, 0.1) is 7.11 Å². The van der Waals surface area contributed by atoms with Crippen molar-refractivity contribution in [3.05, 3.63) is 29.3 Å². The van der Waals surface area contributed by atoms with Crippen molar-refractivity contribution in [2.24, 2.45) is 0 Å². The maximum atomic E-state index is 11.4. The molecule has 2 saturated carbocycles. The molecule has 0 spiro atoms. The molecule has 2 aliphatic rings. The molecule has 2 fully saturated rings. The third kappa shape index (κ3) is 2.86. The minimum atomic E-state index is 0.0588. The number of methoxy groups -OCH3 is 1. The summed E-state index contributed by atoms with van der Waals surface area (Å²) in [6.45, 7) is 2.26. The molecular weight excluding hydrogens is 286 g/mol. The van der Waals surface area contributed by atoms with Gasteiger partial charge < -0.3 is 9.64 Å². The lowest BCUT2D eigenvalue weighted by molar-refractivity contribution is -0.121. The minimum absolute atomic E-state index is 0.0588. The van der Waals surface area contributed by atoms with Gasteiger partial charge >= 0.3 is 0 Å².